The van der Waals surface area contributed by atoms with Gasteiger partial charge in [-0.25, -0.2) is 4.68 Å². The van der Waals surface area contributed by atoms with Crippen LogP contribution < -0.4 is 5.62 Å². The van der Waals surface area contributed by atoms with Gasteiger partial charge >= 0.3 is 6.18 Å². The molecule has 204 valence electrons. The van der Waals surface area contributed by atoms with Crippen molar-refractivity contribution in [2.24, 2.45) is 7.05 Å². The van der Waals surface area contributed by atoms with Gasteiger partial charge in [-0.2, -0.15) is 23.4 Å². The highest BCUT2D eigenvalue weighted by Crippen LogP contribution is 2.40. The predicted molar refractivity (Wildman–Crippen MR) is 137 cm³/mol. The minimum Gasteiger partial charge on any atom is -0.332 e. The predicted octanol–water partition coefficient (Wildman–Crippen LogP) is 3.81. The van der Waals surface area contributed by atoms with E-state index in [-0.39, 0.29) is 30.2 Å². The standard InChI is InChI=1S/C27H29F3N8O/c1-4-17-6-8-32-19(10-17)14-36-9-7-20-21(23-15-38(5-2)34-24(23)27(28,29)30)11-18(12-22(20)25(36)39)13-37-16-33-35(3)26(37)31/h6,8,10-12,15-16,31H,4-5,7,9,13-14H2,1-3H3. The molecule has 5 rings (SSSR count). The molecule has 3 aromatic heterocycles. The number of carbonyl (C=O) groups is 1. The number of amides is 1. The number of nitrogens with zero attached hydrogens (tertiary/aromatic N) is 7. The number of fused-ring (bicyclic) bond motifs is 1. The van der Waals surface area contributed by atoms with Crippen LogP contribution in [-0.2, 0) is 45.7 Å². The van der Waals surface area contributed by atoms with Gasteiger partial charge in [-0.05, 0) is 66.3 Å². The number of rotatable bonds is 7. The molecule has 9 nitrogen and oxygen atoms in total. The van der Waals surface area contributed by atoms with Gasteiger partial charge in [0, 0.05) is 43.7 Å². The van der Waals surface area contributed by atoms with Crippen LogP contribution >= 0.6 is 0 Å². The van der Waals surface area contributed by atoms with Crippen LogP contribution in [0.25, 0.3) is 11.1 Å². The zero-order valence-electron chi connectivity index (χ0n) is 22.0. The molecule has 39 heavy (non-hydrogen) atoms. The normalized spacial score (nSPS) is 13.7. The van der Waals surface area contributed by atoms with Crippen LogP contribution in [0.5, 0.6) is 0 Å². The number of halogens is 3. The Labute approximate surface area is 223 Å². The van der Waals surface area contributed by atoms with E-state index < -0.39 is 11.9 Å². The maximum absolute atomic E-state index is 14.1. The molecular formula is C27H29F3N8O. The molecule has 12 heteroatoms. The van der Waals surface area contributed by atoms with Crippen molar-refractivity contribution in [1.82, 2.24) is 34.0 Å². The second-order valence-corrected chi connectivity index (χ2v) is 9.61. The first kappa shape index (κ1) is 26.4. The Kier molecular flexibility index (Phi) is 6.87. The van der Waals surface area contributed by atoms with Crippen LogP contribution in [0.2, 0.25) is 0 Å². The number of hydrogen-bond donors (Lipinski definition) is 1. The summed E-state index contributed by atoms with van der Waals surface area (Å²) in [5.74, 6) is -0.262. The first-order valence-corrected chi connectivity index (χ1v) is 12.8. The van der Waals surface area contributed by atoms with Crippen molar-refractivity contribution in [2.75, 3.05) is 6.54 Å². The fourth-order valence-electron chi connectivity index (χ4n) is 4.96. The number of benzene rings is 1. The largest absolute Gasteiger partial charge is 0.435 e. The smallest absolute Gasteiger partial charge is 0.332 e. The third-order valence-corrected chi connectivity index (χ3v) is 7.04. The summed E-state index contributed by atoms with van der Waals surface area (Å²) >= 11 is 0. The molecule has 1 aromatic carbocycles. The van der Waals surface area contributed by atoms with E-state index in [4.69, 9.17) is 5.41 Å². The molecule has 0 radical (unpaired) electrons. The Balaban J connectivity index is 1.62. The minimum absolute atomic E-state index is 0.0525. The van der Waals surface area contributed by atoms with Crippen molar-refractivity contribution in [3.8, 4) is 11.1 Å². The summed E-state index contributed by atoms with van der Waals surface area (Å²) in [4.78, 5) is 19.9. The van der Waals surface area contributed by atoms with Crippen molar-refractivity contribution in [2.45, 2.75) is 52.5 Å². The lowest BCUT2D eigenvalue weighted by atomic mass is 9.88. The molecule has 0 saturated heterocycles. The molecule has 0 unspecified atom stereocenters. The number of aryl methyl sites for hydroxylation is 3. The lowest BCUT2D eigenvalue weighted by molar-refractivity contribution is -0.141. The summed E-state index contributed by atoms with van der Waals surface area (Å²) in [5, 5.41) is 16.1. The van der Waals surface area contributed by atoms with Gasteiger partial charge in [0.2, 0.25) is 5.62 Å². The van der Waals surface area contributed by atoms with Crippen LogP contribution in [0.1, 0.15) is 52.3 Å². The minimum atomic E-state index is -4.66. The molecule has 4 heterocycles. The van der Waals surface area contributed by atoms with Crippen LogP contribution in [0.4, 0.5) is 13.2 Å². The lowest BCUT2D eigenvalue weighted by Crippen LogP contribution is -2.37. The van der Waals surface area contributed by atoms with Crippen LogP contribution in [0.15, 0.2) is 43.0 Å². The van der Waals surface area contributed by atoms with E-state index in [0.717, 1.165) is 17.7 Å². The second-order valence-electron chi connectivity index (χ2n) is 9.61. The van der Waals surface area contributed by atoms with Crippen LogP contribution in [0.3, 0.4) is 0 Å². The Bertz CT molecular complexity index is 1600. The van der Waals surface area contributed by atoms with Crippen molar-refractivity contribution in [3.63, 3.8) is 0 Å². The molecule has 1 N–H and O–H groups in total. The number of aromatic nitrogens is 6. The molecule has 0 bridgehead atoms. The highest BCUT2D eigenvalue weighted by atomic mass is 19.4. The highest BCUT2D eigenvalue weighted by Gasteiger charge is 2.39. The van der Waals surface area contributed by atoms with E-state index in [9.17, 15) is 18.0 Å². The first-order valence-electron chi connectivity index (χ1n) is 12.8. The molecule has 0 spiro atoms. The van der Waals surface area contributed by atoms with E-state index in [1.54, 1.807) is 41.8 Å². The van der Waals surface area contributed by atoms with Gasteiger partial charge in [-0.15, -0.1) is 0 Å². The van der Waals surface area contributed by atoms with Gasteiger partial charge in [-0.3, -0.25) is 24.4 Å². The summed E-state index contributed by atoms with van der Waals surface area (Å²) in [6, 6.07) is 7.30. The average Bonchev–Trinajstić information content (AvgIpc) is 3.49. The topological polar surface area (TPSA) is 97.6 Å². The summed E-state index contributed by atoms with van der Waals surface area (Å²) < 4.78 is 46.4. The molecule has 0 atom stereocenters. The van der Waals surface area contributed by atoms with Crippen molar-refractivity contribution in [1.29, 1.82) is 5.41 Å². The van der Waals surface area contributed by atoms with Gasteiger partial charge < -0.3 is 4.90 Å². The third kappa shape index (κ3) is 5.10. The quantitative estimate of drug-likeness (QED) is 0.387. The van der Waals surface area contributed by atoms with Gasteiger partial charge in [0.25, 0.3) is 5.91 Å². The zero-order valence-corrected chi connectivity index (χ0v) is 22.0. The van der Waals surface area contributed by atoms with E-state index >= 15 is 0 Å². The van der Waals surface area contributed by atoms with Crippen LogP contribution in [0, 0.1) is 5.41 Å². The number of alkyl halides is 3. The SMILES string of the molecule is CCc1ccnc(CN2CCc3c(cc(Cn4cnn(C)c4=N)cc3-c3cn(CC)nc3C(F)(F)F)C2=O)c1. The molecule has 0 saturated carbocycles. The Morgan fingerprint density at radius 1 is 1.05 bits per heavy atom. The molecular weight excluding hydrogens is 509 g/mol. The third-order valence-electron chi connectivity index (χ3n) is 7.04. The van der Waals surface area contributed by atoms with E-state index in [1.165, 1.54) is 21.9 Å². The Morgan fingerprint density at radius 3 is 2.49 bits per heavy atom. The van der Waals surface area contributed by atoms with E-state index in [2.05, 4.69) is 15.2 Å². The van der Waals surface area contributed by atoms with Crippen molar-refractivity contribution < 1.29 is 18.0 Å². The van der Waals surface area contributed by atoms with Gasteiger partial charge in [0.15, 0.2) is 5.69 Å². The van der Waals surface area contributed by atoms with Crippen LogP contribution in [-0.4, -0.2) is 46.5 Å². The highest BCUT2D eigenvalue weighted by molar-refractivity contribution is 5.99. The van der Waals surface area contributed by atoms with Gasteiger partial charge in [0.1, 0.15) is 6.33 Å². The molecule has 1 aliphatic heterocycles. The fourth-order valence-corrected chi connectivity index (χ4v) is 4.96. The summed E-state index contributed by atoms with van der Waals surface area (Å²) in [5.41, 5.74) is 2.82. The molecule has 1 aliphatic rings. The summed E-state index contributed by atoms with van der Waals surface area (Å²) in [6.07, 6.45) is 1.18. The van der Waals surface area contributed by atoms with E-state index in [0.29, 0.717) is 41.8 Å². The van der Waals surface area contributed by atoms with Gasteiger partial charge in [0.05, 0.1) is 18.8 Å². The number of nitrogens with one attached hydrogen (secondary N) is 1. The maximum atomic E-state index is 14.1. The summed E-state index contributed by atoms with van der Waals surface area (Å²) in [6.45, 7) is 4.87. The Morgan fingerprint density at radius 2 is 1.82 bits per heavy atom. The number of carbonyl (C=O) groups excluding carboxylic acids is 1. The monoisotopic (exact) mass is 538 g/mol. The van der Waals surface area contributed by atoms with Gasteiger partial charge in [-0.1, -0.05) is 6.92 Å². The maximum Gasteiger partial charge on any atom is 0.435 e. The van der Waals surface area contributed by atoms with Crippen molar-refractivity contribution in [3.05, 3.63) is 82.2 Å². The van der Waals surface area contributed by atoms with Crippen molar-refractivity contribution >= 4 is 5.91 Å². The molecule has 4 aromatic rings. The molecule has 0 fully saturated rings. The molecule has 0 aliphatic carbocycles. The number of hydrogen-bond acceptors (Lipinski definition) is 5. The summed E-state index contributed by atoms with van der Waals surface area (Å²) in [7, 11) is 1.63. The number of pyridine rings is 1. The average molecular weight is 539 g/mol. The fraction of sp³-hybridized carbons (Fsp3) is 0.370. The van der Waals surface area contributed by atoms with E-state index in [1.807, 2.05) is 19.1 Å². The first-order chi connectivity index (χ1) is 18.6. The molecule has 1 amide bonds. The Hall–Kier alpha value is -4.22. The zero-order chi connectivity index (χ0) is 27.9. The second kappa shape index (κ2) is 10.2. The lowest BCUT2D eigenvalue weighted by Gasteiger charge is -2.30.